The fourth-order valence-electron chi connectivity index (χ4n) is 3.30. The SMILES string of the molecule is COc1cc([C@H]2/C(=C(\O)c3ccc(Cl)cc3)C(=O)C(=O)N2CCC(=O)O)ccc1O. The Balaban J connectivity index is 2.18. The Hall–Kier alpha value is -3.52. The second-order valence-electron chi connectivity index (χ2n) is 6.57. The van der Waals surface area contributed by atoms with Crippen LogP contribution in [0.3, 0.4) is 0 Å². The summed E-state index contributed by atoms with van der Waals surface area (Å²) in [6.45, 7) is -0.245. The van der Waals surface area contributed by atoms with E-state index in [1.807, 2.05) is 0 Å². The summed E-state index contributed by atoms with van der Waals surface area (Å²) in [5, 5.41) is 30.2. The summed E-state index contributed by atoms with van der Waals surface area (Å²) < 4.78 is 5.10. The average Bonchev–Trinajstić information content (AvgIpc) is 2.97. The lowest BCUT2D eigenvalue weighted by Gasteiger charge is -2.25. The zero-order valence-electron chi connectivity index (χ0n) is 15.8. The number of ether oxygens (including phenoxy) is 1. The van der Waals surface area contributed by atoms with Crippen LogP contribution in [0, 0.1) is 0 Å². The first kappa shape index (κ1) is 21.2. The van der Waals surface area contributed by atoms with Gasteiger partial charge in [-0.15, -0.1) is 0 Å². The molecule has 9 heteroatoms. The maximum atomic E-state index is 12.8. The number of phenolic OH excluding ortho intramolecular Hbond substituents is 1. The van der Waals surface area contributed by atoms with Crippen molar-refractivity contribution in [3.05, 3.63) is 64.2 Å². The summed E-state index contributed by atoms with van der Waals surface area (Å²) in [5.74, 6) is -3.48. The van der Waals surface area contributed by atoms with Gasteiger partial charge < -0.3 is 25.0 Å². The number of methoxy groups -OCH3 is 1. The molecule has 156 valence electrons. The predicted octanol–water partition coefficient (Wildman–Crippen LogP) is 2.95. The Morgan fingerprint density at radius 1 is 1.13 bits per heavy atom. The van der Waals surface area contributed by atoms with Gasteiger partial charge in [0.2, 0.25) is 0 Å². The third-order valence-corrected chi connectivity index (χ3v) is 5.00. The number of phenols is 1. The Morgan fingerprint density at radius 3 is 2.40 bits per heavy atom. The van der Waals surface area contributed by atoms with Crippen LogP contribution in [0.15, 0.2) is 48.0 Å². The first-order valence-corrected chi connectivity index (χ1v) is 9.25. The van der Waals surface area contributed by atoms with Gasteiger partial charge in [-0.1, -0.05) is 17.7 Å². The monoisotopic (exact) mass is 431 g/mol. The Kier molecular flexibility index (Phi) is 5.98. The number of rotatable bonds is 6. The molecule has 0 radical (unpaired) electrons. The lowest BCUT2D eigenvalue weighted by Crippen LogP contribution is -2.31. The third kappa shape index (κ3) is 3.95. The highest BCUT2D eigenvalue weighted by atomic mass is 35.5. The highest BCUT2D eigenvalue weighted by Crippen LogP contribution is 2.41. The van der Waals surface area contributed by atoms with E-state index in [-0.39, 0.29) is 35.6 Å². The molecule has 0 bridgehead atoms. The van der Waals surface area contributed by atoms with Crippen LogP contribution in [-0.4, -0.2) is 51.5 Å². The molecule has 1 atom stereocenters. The van der Waals surface area contributed by atoms with Gasteiger partial charge in [-0.05, 0) is 42.0 Å². The number of Topliss-reactive ketones (excluding diaryl/α,β-unsaturated/α-hetero) is 1. The number of benzene rings is 2. The summed E-state index contributed by atoms with van der Waals surface area (Å²) in [6.07, 6.45) is -0.389. The second-order valence-corrected chi connectivity index (χ2v) is 7.01. The van der Waals surface area contributed by atoms with E-state index in [0.717, 1.165) is 4.90 Å². The van der Waals surface area contributed by atoms with Crippen molar-refractivity contribution in [3.63, 3.8) is 0 Å². The largest absolute Gasteiger partial charge is 0.507 e. The van der Waals surface area contributed by atoms with E-state index in [1.165, 1.54) is 49.6 Å². The van der Waals surface area contributed by atoms with Gasteiger partial charge in [0.15, 0.2) is 11.5 Å². The van der Waals surface area contributed by atoms with E-state index in [0.29, 0.717) is 10.6 Å². The molecule has 8 nitrogen and oxygen atoms in total. The molecule has 30 heavy (non-hydrogen) atoms. The first-order valence-electron chi connectivity index (χ1n) is 8.87. The number of carboxylic acid groups (broad SMARTS) is 1. The number of aromatic hydroxyl groups is 1. The summed E-state index contributed by atoms with van der Waals surface area (Å²) >= 11 is 5.87. The van der Waals surface area contributed by atoms with Crippen LogP contribution in [0.25, 0.3) is 5.76 Å². The molecule has 1 amide bonds. The Bertz CT molecular complexity index is 1050. The number of halogens is 1. The summed E-state index contributed by atoms with van der Waals surface area (Å²) in [6, 6.07) is 9.20. The fourth-order valence-corrected chi connectivity index (χ4v) is 3.43. The molecule has 0 aromatic heterocycles. The van der Waals surface area contributed by atoms with E-state index in [2.05, 4.69) is 0 Å². The van der Waals surface area contributed by atoms with Gasteiger partial charge in [-0.25, -0.2) is 0 Å². The molecule has 3 N–H and O–H groups in total. The molecule has 3 rings (SSSR count). The molecule has 2 aromatic carbocycles. The van der Waals surface area contributed by atoms with Crippen molar-refractivity contribution in [3.8, 4) is 11.5 Å². The highest BCUT2D eigenvalue weighted by Gasteiger charge is 2.46. The van der Waals surface area contributed by atoms with Crippen molar-refractivity contribution >= 4 is 35.0 Å². The van der Waals surface area contributed by atoms with Crippen molar-refractivity contribution in [1.82, 2.24) is 4.90 Å². The molecule has 1 aliphatic rings. The number of likely N-dealkylation sites (tertiary alicyclic amines) is 1. The van der Waals surface area contributed by atoms with Crippen molar-refractivity contribution < 1.29 is 34.4 Å². The number of carboxylic acids is 1. The number of carbonyl (C=O) groups is 3. The summed E-state index contributed by atoms with van der Waals surface area (Å²) in [7, 11) is 1.34. The highest BCUT2D eigenvalue weighted by molar-refractivity contribution is 6.46. The third-order valence-electron chi connectivity index (χ3n) is 4.74. The van der Waals surface area contributed by atoms with E-state index < -0.39 is 29.5 Å². The molecular formula is C21H18ClNO7. The van der Waals surface area contributed by atoms with Crippen molar-refractivity contribution in [2.75, 3.05) is 13.7 Å². The van der Waals surface area contributed by atoms with Crippen molar-refractivity contribution in [2.45, 2.75) is 12.5 Å². The molecular weight excluding hydrogens is 414 g/mol. The van der Waals surface area contributed by atoms with Gasteiger partial charge in [0.25, 0.3) is 11.7 Å². The number of aliphatic carboxylic acids is 1. The molecule has 2 aromatic rings. The fraction of sp³-hybridized carbons (Fsp3) is 0.190. The minimum absolute atomic E-state index is 0.0998. The predicted molar refractivity (Wildman–Crippen MR) is 107 cm³/mol. The lowest BCUT2D eigenvalue weighted by atomic mass is 9.95. The smallest absolute Gasteiger partial charge is 0.305 e. The van der Waals surface area contributed by atoms with Gasteiger partial charge in [-0.2, -0.15) is 0 Å². The van der Waals surface area contributed by atoms with Crippen LogP contribution < -0.4 is 4.74 Å². The summed E-state index contributed by atoms with van der Waals surface area (Å²) in [5.41, 5.74) is 0.441. The zero-order chi connectivity index (χ0) is 22.0. The van der Waals surface area contributed by atoms with Crippen LogP contribution in [-0.2, 0) is 14.4 Å². The lowest BCUT2D eigenvalue weighted by molar-refractivity contribution is -0.142. The number of ketones is 1. The topological polar surface area (TPSA) is 124 Å². The van der Waals surface area contributed by atoms with Gasteiger partial charge >= 0.3 is 5.97 Å². The van der Waals surface area contributed by atoms with E-state index in [4.69, 9.17) is 21.4 Å². The number of carbonyl (C=O) groups excluding carboxylic acids is 2. The van der Waals surface area contributed by atoms with E-state index in [1.54, 1.807) is 0 Å². The standard InChI is InChI=1S/C21H18ClNO7/c1-30-15-10-12(4-7-14(15)24)18-17(19(27)11-2-5-13(22)6-3-11)20(28)21(29)23(18)9-8-16(25)26/h2-7,10,18,24,27H,8-9H2,1H3,(H,25,26)/b19-17+/t18-/m0/s1. The van der Waals surface area contributed by atoms with Crippen LogP contribution in [0.4, 0.5) is 0 Å². The minimum Gasteiger partial charge on any atom is -0.507 e. The van der Waals surface area contributed by atoms with Crippen LogP contribution in [0.2, 0.25) is 5.02 Å². The molecule has 1 saturated heterocycles. The normalized spacial score (nSPS) is 17.9. The zero-order valence-corrected chi connectivity index (χ0v) is 16.6. The van der Waals surface area contributed by atoms with Crippen molar-refractivity contribution in [1.29, 1.82) is 0 Å². The maximum absolute atomic E-state index is 12.8. The van der Waals surface area contributed by atoms with Crippen LogP contribution in [0.5, 0.6) is 11.5 Å². The number of aliphatic hydroxyl groups is 1. The molecule has 0 aliphatic carbocycles. The van der Waals surface area contributed by atoms with Gasteiger partial charge in [0.1, 0.15) is 5.76 Å². The quantitative estimate of drug-likeness (QED) is 0.365. The number of aliphatic hydroxyl groups excluding tert-OH is 1. The van der Waals surface area contributed by atoms with Crippen molar-refractivity contribution in [2.24, 2.45) is 0 Å². The van der Waals surface area contributed by atoms with Gasteiger partial charge in [0.05, 0.1) is 25.1 Å². The van der Waals surface area contributed by atoms with E-state index >= 15 is 0 Å². The maximum Gasteiger partial charge on any atom is 0.305 e. The molecule has 1 heterocycles. The molecule has 1 aliphatic heterocycles. The Morgan fingerprint density at radius 2 is 1.80 bits per heavy atom. The van der Waals surface area contributed by atoms with Crippen LogP contribution >= 0.6 is 11.6 Å². The summed E-state index contributed by atoms with van der Waals surface area (Å²) in [4.78, 5) is 37.6. The minimum atomic E-state index is -1.14. The van der Waals surface area contributed by atoms with Gasteiger partial charge in [0, 0.05) is 17.1 Å². The van der Waals surface area contributed by atoms with E-state index in [9.17, 15) is 24.6 Å². The Labute approximate surface area is 176 Å². The second kappa shape index (κ2) is 8.46. The molecule has 1 fully saturated rings. The number of amides is 1. The number of hydrogen-bond acceptors (Lipinski definition) is 6. The number of nitrogens with zero attached hydrogens (tertiary/aromatic N) is 1. The average molecular weight is 432 g/mol. The number of hydrogen-bond donors (Lipinski definition) is 3. The molecule has 0 saturated carbocycles. The van der Waals surface area contributed by atoms with Crippen LogP contribution in [0.1, 0.15) is 23.6 Å². The first-order chi connectivity index (χ1) is 14.2. The molecule has 0 spiro atoms. The van der Waals surface area contributed by atoms with Gasteiger partial charge in [-0.3, -0.25) is 14.4 Å². The molecule has 0 unspecified atom stereocenters.